The molecular formula is C14H21N3O3S2. The second-order valence-electron chi connectivity index (χ2n) is 5.82. The van der Waals surface area contributed by atoms with Gasteiger partial charge in [0.05, 0.1) is 0 Å². The normalized spacial score (nSPS) is 21.4. The topological polar surface area (TPSA) is 60.9 Å². The summed E-state index contributed by atoms with van der Waals surface area (Å²) < 4.78 is 26.9. The largest absolute Gasteiger partial charge is 0.335 e. The number of nitrogens with zero attached hydrogens (tertiary/aromatic N) is 3. The highest BCUT2D eigenvalue weighted by atomic mass is 32.2. The molecule has 0 aliphatic carbocycles. The van der Waals surface area contributed by atoms with E-state index in [0.29, 0.717) is 31.1 Å². The van der Waals surface area contributed by atoms with Crippen LogP contribution in [-0.2, 0) is 10.0 Å². The van der Waals surface area contributed by atoms with E-state index in [-0.39, 0.29) is 10.8 Å². The van der Waals surface area contributed by atoms with E-state index in [1.165, 1.54) is 15.6 Å². The van der Waals surface area contributed by atoms with E-state index in [4.69, 9.17) is 0 Å². The minimum Gasteiger partial charge on any atom is -0.335 e. The van der Waals surface area contributed by atoms with E-state index < -0.39 is 10.0 Å². The van der Waals surface area contributed by atoms with Gasteiger partial charge >= 0.3 is 0 Å². The molecule has 3 rings (SSSR count). The molecule has 0 N–H and O–H groups in total. The van der Waals surface area contributed by atoms with E-state index >= 15 is 0 Å². The molecule has 1 amide bonds. The molecule has 0 unspecified atom stereocenters. The van der Waals surface area contributed by atoms with Crippen molar-refractivity contribution in [3.63, 3.8) is 0 Å². The average Bonchev–Trinajstić information content (AvgIpc) is 3.19. The van der Waals surface area contributed by atoms with Crippen LogP contribution in [0.5, 0.6) is 0 Å². The van der Waals surface area contributed by atoms with Gasteiger partial charge in [-0.15, -0.1) is 11.3 Å². The minimum absolute atomic E-state index is 0.152. The molecule has 1 aromatic rings. The Labute approximate surface area is 135 Å². The zero-order valence-corrected chi connectivity index (χ0v) is 14.3. The maximum atomic E-state index is 12.7. The SMILES string of the molecule is CN1CCN(C(=O)c2sccc2S(=O)(=O)N2CCCC2)CC1. The van der Waals surface area contributed by atoms with Crippen LogP contribution in [0.3, 0.4) is 0 Å². The fraction of sp³-hybridized carbons (Fsp3) is 0.643. The first kappa shape index (κ1) is 15.9. The van der Waals surface area contributed by atoms with Gasteiger partial charge in [-0.05, 0) is 31.3 Å². The number of amides is 1. The van der Waals surface area contributed by atoms with Gasteiger partial charge in [-0.1, -0.05) is 0 Å². The van der Waals surface area contributed by atoms with Crippen LogP contribution in [0.25, 0.3) is 0 Å². The molecule has 2 saturated heterocycles. The number of hydrogen-bond donors (Lipinski definition) is 0. The lowest BCUT2D eigenvalue weighted by Gasteiger charge is -2.32. The number of hydrogen-bond acceptors (Lipinski definition) is 5. The summed E-state index contributed by atoms with van der Waals surface area (Å²) in [6.45, 7) is 4.06. The van der Waals surface area contributed by atoms with Gasteiger partial charge in [0.15, 0.2) is 0 Å². The average molecular weight is 343 g/mol. The van der Waals surface area contributed by atoms with Crippen molar-refractivity contribution in [3.8, 4) is 0 Å². The third-order valence-corrected chi connectivity index (χ3v) is 7.27. The van der Waals surface area contributed by atoms with Gasteiger partial charge in [-0.25, -0.2) is 8.42 Å². The molecule has 2 aliphatic heterocycles. The summed E-state index contributed by atoms with van der Waals surface area (Å²) in [5.74, 6) is -0.152. The first-order valence-electron chi connectivity index (χ1n) is 7.55. The molecule has 0 spiro atoms. The van der Waals surface area contributed by atoms with Gasteiger partial charge in [-0.2, -0.15) is 4.31 Å². The van der Waals surface area contributed by atoms with Gasteiger partial charge in [-0.3, -0.25) is 4.79 Å². The second kappa shape index (κ2) is 6.27. The van der Waals surface area contributed by atoms with Gasteiger partial charge < -0.3 is 9.80 Å². The van der Waals surface area contributed by atoms with Gasteiger partial charge in [0.2, 0.25) is 10.0 Å². The van der Waals surface area contributed by atoms with Crippen LogP contribution >= 0.6 is 11.3 Å². The number of carbonyl (C=O) groups is 1. The molecule has 0 saturated carbocycles. The second-order valence-corrected chi connectivity index (χ2v) is 8.64. The number of likely N-dealkylation sites (N-methyl/N-ethyl adjacent to an activating group) is 1. The summed E-state index contributed by atoms with van der Waals surface area (Å²) in [5, 5.41) is 1.70. The van der Waals surface area contributed by atoms with Crippen molar-refractivity contribution in [1.29, 1.82) is 0 Å². The zero-order valence-electron chi connectivity index (χ0n) is 12.7. The molecule has 22 heavy (non-hydrogen) atoms. The van der Waals surface area contributed by atoms with Crippen molar-refractivity contribution >= 4 is 27.3 Å². The minimum atomic E-state index is -3.53. The smallest absolute Gasteiger partial charge is 0.265 e. The highest BCUT2D eigenvalue weighted by Crippen LogP contribution is 2.28. The van der Waals surface area contributed by atoms with Crippen LogP contribution in [0.2, 0.25) is 0 Å². The Bertz CT molecular complexity index is 642. The Morgan fingerprint density at radius 3 is 2.36 bits per heavy atom. The van der Waals surface area contributed by atoms with Gasteiger partial charge in [0.1, 0.15) is 9.77 Å². The Hall–Kier alpha value is -0.960. The zero-order chi connectivity index (χ0) is 15.7. The van der Waals surface area contributed by atoms with Crippen LogP contribution in [0.15, 0.2) is 16.3 Å². The van der Waals surface area contributed by atoms with Crippen molar-refractivity contribution in [3.05, 3.63) is 16.3 Å². The van der Waals surface area contributed by atoms with Gasteiger partial charge in [0, 0.05) is 39.3 Å². The first-order valence-corrected chi connectivity index (χ1v) is 9.87. The van der Waals surface area contributed by atoms with E-state index in [9.17, 15) is 13.2 Å². The van der Waals surface area contributed by atoms with Crippen molar-refractivity contribution in [2.45, 2.75) is 17.7 Å². The highest BCUT2D eigenvalue weighted by Gasteiger charge is 2.33. The fourth-order valence-corrected chi connectivity index (χ4v) is 5.76. The van der Waals surface area contributed by atoms with Crippen LogP contribution in [0.4, 0.5) is 0 Å². The summed E-state index contributed by atoms with van der Waals surface area (Å²) in [7, 11) is -1.51. The Balaban J connectivity index is 1.84. The van der Waals surface area contributed by atoms with Crippen LogP contribution < -0.4 is 0 Å². The quantitative estimate of drug-likeness (QED) is 0.819. The molecule has 122 valence electrons. The number of rotatable bonds is 3. The standard InChI is InChI=1S/C14H21N3O3S2/c1-15-7-9-16(10-8-15)14(18)13-12(4-11-21-13)22(19,20)17-5-2-3-6-17/h4,11H,2-3,5-10H2,1H3. The lowest BCUT2D eigenvalue weighted by molar-refractivity contribution is 0.0665. The third-order valence-electron chi connectivity index (χ3n) is 4.30. The van der Waals surface area contributed by atoms with E-state index in [2.05, 4.69) is 4.90 Å². The van der Waals surface area contributed by atoms with E-state index in [0.717, 1.165) is 25.9 Å². The molecule has 3 heterocycles. The summed E-state index contributed by atoms with van der Waals surface area (Å²) in [6, 6.07) is 1.57. The maximum Gasteiger partial charge on any atom is 0.265 e. The molecule has 8 heteroatoms. The molecule has 6 nitrogen and oxygen atoms in total. The monoisotopic (exact) mass is 343 g/mol. The molecular weight excluding hydrogens is 322 g/mol. The summed E-state index contributed by atoms with van der Waals surface area (Å²) in [4.78, 5) is 17.2. The third kappa shape index (κ3) is 2.92. The molecule has 0 atom stereocenters. The predicted molar refractivity (Wildman–Crippen MR) is 85.7 cm³/mol. The van der Waals surface area contributed by atoms with Crippen molar-refractivity contribution in [2.75, 3.05) is 46.3 Å². The van der Waals surface area contributed by atoms with Crippen molar-refractivity contribution in [1.82, 2.24) is 14.1 Å². The summed E-state index contributed by atoms with van der Waals surface area (Å²) in [6.07, 6.45) is 1.79. The van der Waals surface area contributed by atoms with Crippen LogP contribution in [0.1, 0.15) is 22.5 Å². The van der Waals surface area contributed by atoms with E-state index in [1.807, 2.05) is 7.05 Å². The molecule has 0 aromatic carbocycles. The summed E-state index contributed by atoms with van der Waals surface area (Å²) in [5.41, 5.74) is 0. The maximum absolute atomic E-state index is 12.7. The summed E-state index contributed by atoms with van der Waals surface area (Å²) >= 11 is 1.23. The number of sulfonamides is 1. The molecule has 0 bridgehead atoms. The predicted octanol–water partition coefficient (Wildman–Crippen LogP) is 0.920. The van der Waals surface area contributed by atoms with Gasteiger partial charge in [0.25, 0.3) is 5.91 Å². The van der Waals surface area contributed by atoms with Crippen LogP contribution in [-0.4, -0.2) is 74.7 Å². The van der Waals surface area contributed by atoms with E-state index in [1.54, 1.807) is 16.3 Å². The Morgan fingerprint density at radius 2 is 1.73 bits per heavy atom. The highest BCUT2D eigenvalue weighted by molar-refractivity contribution is 7.89. The van der Waals surface area contributed by atoms with Crippen molar-refractivity contribution in [2.24, 2.45) is 0 Å². The lowest BCUT2D eigenvalue weighted by Crippen LogP contribution is -2.47. The molecule has 1 aromatic heterocycles. The number of carbonyl (C=O) groups excluding carboxylic acids is 1. The molecule has 2 aliphatic rings. The Kier molecular flexibility index (Phi) is 4.54. The Morgan fingerprint density at radius 1 is 1.09 bits per heavy atom. The number of piperazine rings is 1. The lowest BCUT2D eigenvalue weighted by atomic mass is 10.3. The van der Waals surface area contributed by atoms with Crippen LogP contribution in [0, 0.1) is 0 Å². The number of thiophene rings is 1. The molecule has 2 fully saturated rings. The van der Waals surface area contributed by atoms with Crippen molar-refractivity contribution < 1.29 is 13.2 Å². The fourth-order valence-electron chi connectivity index (χ4n) is 2.88. The molecule has 0 radical (unpaired) electrons. The first-order chi connectivity index (χ1) is 10.5.